The van der Waals surface area contributed by atoms with E-state index in [9.17, 15) is 0 Å². The highest BCUT2D eigenvalue weighted by Gasteiger charge is 2.19. The smallest absolute Gasteiger partial charge is 0.0667 e. The Morgan fingerprint density at radius 3 is 2.30 bits per heavy atom. The number of rotatable bonds is 5. The molecule has 0 radical (unpaired) electrons. The Bertz CT molecular complexity index is 549. The average molecular weight is 268 g/mol. The highest BCUT2D eigenvalue weighted by molar-refractivity contribution is 5.50. The molecule has 1 unspecified atom stereocenters. The van der Waals surface area contributed by atoms with Gasteiger partial charge in [-0.3, -0.25) is 0 Å². The van der Waals surface area contributed by atoms with Crippen molar-refractivity contribution in [1.82, 2.24) is 0 Å². The summed E-state index contributed by atoms with van der Waals surface area (Å²) in [6.07, 6.45) is 0. The molecule has 2 heteroatoms. The number of aryl methyl sites for hydroxylation is 2. The molecule has 0 saturated heterocycles. The van der Waals surface area contributed by atoms with Gasteiger partial charge in [-0.05, 0) is 44.0 Å². The van der Waals surface area contributed by atoms with Crippen LogP contribution >= 0.6 is 0 Å². The molecule has 20 heavy (non-hydrogen) atoms. The third-order valence-corrected chi connectivity index (χ3v) is 3.81. The lowest BCUT2D eigenvalue weighted by Gasteiger charge is -2.33. The molecule has 0 bridgehead atoms. The SMILES string of the molecule is CCN(c1ccccc1)C(CN)c1ccc(C)cc1C. The van der Waals surface area contributed by atoms with Gasteiger partial charge < -0.3 is 10.6 Å². The molecule has 0 saturated carbocycles. The molecule has 0 aliphatic rings. The van der Waals surface area contributed by atoms with Crippen LogP contribution in [0.15, 0.2) is 48.5 Å². The van der Waals surface area contributed by atoms with E-state index in [-0.39, 0.29) is 6.04 Å². The highest BCUT2D eigenvalue weighted by atomic mass is 15.2. The number of anilines is 1. The fourth-order valence-corrected chi connectivity index (χ4v) is 2.82. The predicted octanol–water partition coefficient (Wildman–Crippen LogP) is 3.83. The first-order valence-corrected chi connectivity index (χ1v) is 7.26. The molecule has 106 valence electrons. The van der Waals surface area contributed by atoms with Crippen molar-refractivity contribution in [3.8, 4) is 0 Å². The summed E-state index contributed by atoms with van der Waals surface area (Å²) < 4.78 is 0. The normalized spacial score (nSPS) is 12.2. The van der Waals surface area contributed by atoms with E-state index in [4.69, 9.17) is 5.73 Å². The van der Waals surface area contributed by atoms with Crippen LogP contribution in [-0.2, 0) is 0 Å². The molecule has 0 fully saturated rings. The molecule has 2 aromatic rings. The van der Waals surface area contributed by atoms with Crippen molar-refractivity contribution in [2.45, 2.75) is 26.8 Å². The van der Waals surface area contributed by atoms with Crippen molar-refractivity contribution in [3.05, 3.63) is 65.2 Å². The summed E-state index contributed by atoms with van der Waals surface area (Å²) in [7, 11) is 0. The first kappa shape index (κ1) is 14.6. The van der Waals surface area contributed by atoms with Crippen molar-refractivity contribution in [2.24, 2.45) is 5.73 Å². The van der Waals surface area contributed by atoms with Crippen molar-refractivity contribution in [1.29, 1.82) is 0 Å². The highest BCUT2D eigenvalue weighted by Crippen LogP contribution is 2.28. The van der Waals surface area contributed by atoms with Crippen molar-refractivity contribution >= 4 is 5.69 Å². The molecule has 2 aromatic carbocycles. The Morgan fingerprint density at radius 2 is 1.75 bits per heavy atom. The average Bonchev–Trinajstić information content (AvgIpc) is 2.46. The molecular weight excluding hydrogens is 244 g/mol. The van der Waals surface area contributed by atoms with Crippen LogP contribution < -0.4 is 10.6 Å². The maximum atomic E-state index is 6.08. The van der Waals surface area contributed by atoms with Gasteiger partial charge in [-0.2, -0.15) is 0 Å². The molecule has 0 aromatic heterocycles. The minimum atomic E-state index is 0.225. The molecule has 0 heterocycles. The van der Waals surface area contributed by atoms with E-state index in [2.05, 4.69) is 68.1 Å². The number of nitrogens with zero attached hydrogens (tertiary/aromatic N) is 1. The van der Waals surface area contributed by atoms with Gasteiger partial charge in [-0.1, -0.05) is 42.0 Å². The number of nitrogens with two attached hydrogens (primary N) is 1. The standard InChI is InChI=1S/C18H24N2/c1-4-20(16-8-6-5-7-9-16)18(13-19)17-11-10-14(2)12-15(17)3/h5-12,18H,4,13,19H2,1-3H3. The van der Waals surface area contributed by atoms with Crippen LogP contribution in [0.2, 0.25) is 0 Å². The molecule has 0 aliphatic carbocycles. The fourth-order valence-electron chi connectivity index (χ4n) is 2.82. The fraction of sp³-hybridized carbons (Fsp3) is 0.333. The maximum absolute atomic E-state index is 6.08. The Hall–Kier alpha value is -1.80. The Balaban J connectivity index is 2.39. The minimum absolute atomic E-state index is 0.225. The third kappa shape index (κ3) is 3.02. The molecule has 0 spiro atoms. The number of hydrogen-bond acceptors (Lipinski definition) is 2. The monoisotopic (exact) mass is 268 g/mol. The Kier molecular flexibility index (Phi) is 4.80. The largest absolute Gasteiger partial charge is 0.363 e. The first-order valence-electron chi connectivity index (χ1n) is 7.26. The second kappa shape index (κ2) is 6.58. The molecular formula is C18H24N2. The van der Waals surface area contributed by atoms with E-state index in [1.54, 1.807) is 0 Å². The number of para-hydroxylation sites is 1. The first-order chi connectivity index (χ1) is 9.67. The number of benzene rings is 2. The number of hydrogen-bond donors (Lipinski definition) is 1. The van der Waals surface area contributed by atoms with Gasteiger partial charge in [0.25, 0.3) is 0 Å². The van der Waals surface area contributed by atoms with E-state index in [1.165, 1.54) is 22.4 Å². The second-order valence-electron chi connectivity index (χ2n) is 5.23. The molecule has 0 amide bonds. The zero-order valence-electron chi connectivity index (χ0n) is 12.6. The number of likely N-dealkylation sites (N-methyl/N-ethyl adjacent to an activating group) is 1. The lowest BCUT2D eigenvalue weighted by atomic mass is 9.97. The summed E-state index contributed by atoms with van der Waals surface area (Å²) in [5.74, 6) is 0. The molecule has 0 aliphatic heterocycles. The van der Waals surface area contributed by atoms with Crippen LogP contribution in [-0.4, -0.2) is 13.1 Å². The lowest BCUT2D eigenvalue weighted by Crippen LogP contribution is -2.34. The van der Waals surface area contributed by atoms with Gasteiger partial charge in [-0.25, -0.2) is 0 Å². The second-order valence-corrected chi connectivity index (χ2v) is 5.23. The van der Waals surface area contributed by atoms with Gasteiger partial charge in [0.15, 0.2) is 0 Å². The van der Waals surface area contributed by atoms with Crippen molar-refractivity contribution in [3.63, 3.8) is 0 Å². The van der Waals surface area contributed by atoms with Gasteiger partial charge in [-0.15, -0.1) is 0 Å². The van der Waals surface area contributed by atoms with Crippen molar-refractivity contribution in [2.75, 3.05) is 18.0 Å². The summed E-state index contributed by atoms with van der Waals surface area (Å²) in [5.41, 5.74) is 11.2. The van der Waals surface area contributed by atoms with E-state index < -0.39 is 0 Å². The van der Waals surface area contributed by atoms with Crippen LogP contribution in [0.3, 0.4) is 0 Å². The Morgan fingerprint density at radius 1 is 1.05 bits per heavy atom. The minimum Gasteiger partial charge on any atom is -0.363 e. The quantitative estimate of drug-likeness (QED) is 0.893. The van der Waals surface area contributed by atoms with Crippen LogP contribution in [0.1, 0.15) is 29.7 Å². The summed E-state index contributed by atoms with van der Waals surface area (Å²) in [5, 5.41) is 0. The van der Waals surface area contributed by atoms with Gasteiger partial charge in [0.2, 0.25) is 0 Å². The predicted molar refractivity (Wildman–Crippen MR) is 87.2 cm³/mol. The van der Waals surface area contributed by atoms with Gasteiger partial charge in [0.1, 0.15) is 0 Å². The van der Waals surface area contributed by atoms with Crippen LogP contribution in [0.5, 0.6) is 0 Å². The summed E-state index contributed by atoms with van der Waals surface area (Å²) >= 11 is 0. The Labute approximate surface area is 122 Å². The van der Waals surface area contributed by atoms with Crippen LogP contribution in [0, 0.1) is 13.8 Å². The summed E-state index contributed by atoms with van der Waals surface area (Å²) in [6.45, 7) is 8.04. The van der Waals surface area contributed by atoms with Crippen molar-refractivity contribution < 1.29 is 0 Å². The van der Waals surface area contributed by atoms with E-state index >= 15 is 0 Å². The summed E-state index contributed by atoms with van der Waals surface area (Å²) in [6, 6.07) is 17.3. The molecule has 1 atom stereocenters. The summed E-state index contributed by atoms with van der Waals surface area (Å²) in [4.78, 5) is 2.37. The zero-order valence-corrected chi connectivity index (χ0v) is 12.6. The van der Waals surface area contributed by atoms with Crippen LogP contribution in [0.25, 0.3) is 0 Å². The van der Waals surface area contributed by atoms with Gasteiger partial charge in [0.05, 0.1) is 6.04 Å². The lowest BCUT2D eigenvalue weighted by molar-refractivity contribution is 0.640. The van der Waals surface area contributed by atoms with Crippen LogP contribution in [0.4, 0.5) is 5.69 Å². The van der Waals surface area contributed by atoms with E-state index in [0.717, 1.165) is 6.54 Å². The zero-order chi connectivity index (χ0) is 14.5. The molecule has 2 N–H and O–H groups in total. The van der Waals surface area contributed by atoms with Gasteiger partial charge in [0, 0.05) is 18.8 Å². The maximum Gasteiger partial charge on any atom is 0.0667 e. The molecule has 2 nitrogen and oxygen atoms in total. The third-order valence-electron chi connectivity index (χ3n) is 3.81. The van der Waals surface area contributed by atoms with E-state index in [1.807, 2.05) is 6.07 Å². The van der Waals surface area contributed by atoms with Gasteiger partial charge >= 0.3 is 0 Å². The van der Waals surface area contributed by atoms with E-state index in [0.29, 0.717) is 6.54 Å². The topological polar surface area (TPSA) is 29.3 Å². The molecule has 2 rings (SSSR count).